The number of hydrogen-bond donors (Lipinski definition) is 1. The highest BCUT2D eigenvalue weighted by Gasteiger charge is 2.08. The molecule has 2 rings (SSSR count). The second-order valence-electron chi connectivity index (χ2n) is 6.17. The van der Waals surface area contributed by atoms with E-state index in [4.69, 9.17) is 0 Å². The molecule has 2 aromatic rings. The monoisotopic (exact) mass is 324 g/mol. The van der Waals surface area contributed by atoms with Crippen molar-refractivity contribution in [1.29, 1.82) is 0 Å². The summed E-state index contributed by atoms with van der Waals surface area (Å²) in [5, 5.41) is 14.1. The molecule has 4 heteroatoms. The van der Waals surface area contributed by atoms with Crippen LogP contribution in [0.4, 0.5) is 5.69 Å². The van der Waals surface area contributed by atoms with E-state index < -0.39 is 12.4 Å². The minimum atomic E-state index is -0.822. The average Bonchev–Trinajstić information content (AvgIpc) is 2.59. The summed E-state index contributed by atoms with van der Waals surface area (Å²) in [6.45, 7) is 5.49. The quantitative estimate of drug-likeness (QED) is 0.794. The third-order valence-corrected chi connectivity index (χ3v) is 3.94. The van der Waals surface area contributed by atoms with Crippen molar-refractivity contribution < 1.29 is 14.7 Å². The summed E-state index contributed by atoms with van der Waals surface area (Å²) >= 11 is 0. The van der Waals surface area contributed by atoms with Gasteiger partial charge in [0.05, 0.1) is 0 Å². The first-order valence-electron chi connectivity index (χ1n) is 8.00. The van der Waals surface area contributed by atoms with E-state index in [0.29, 0.717) is 23.7 Å². The Morgan fingerprint density at radius 2 is 1.67 bits per heavy atom. The van der Waals surface area contributed by atoms with E-state index in [-0.39, 0.29) is 11.3 Å². The summed E-state index contributed by atoms with van der Waals surface area (Å²) in [5.41, 5.74) is 3.74. The van der Waals surface area contributed by atoms with Crippen molar-refractivity contribution in [3.05, 3.63) is 64.7 Å². The van der Waals surface area contributed by atoms with Crippen molar-refractivity contribution in [3.63, 3.8) is 0 Å². The second kappa shape index (κ2) is 7.88. The van der Waals surface area contributed by atoms with Gasteiger partial charge in [-0.1, -0.05) is 44.7 Å². The van der Waals surface area contributed by atoms with Gasteiger partial charge >= 0.3 is 0 Å². The van der Waals surface area contributed by atoms with Gasteiger partial charge in [0.25, 0.3) is 0 Å². The molecule has 24 heavy (non-hydrogen) atoms. The van der Waals surface area contributed by atoms with Crippen molar-refractivity contribution in [3.8, 4) is 0 Å². The molecule has 0 radical (unpaired) electrons. The minimum Gasteiger partial charge on any atom is -0.849 e. The lowest BCUT2D eigenvalue weighted by atomic mass is 10.0. The van der Waals surface area contributed by atoms with Crippen LogP contribution < -0.4 is 10.4 Å². The molecular formula is C20H22NO3-. The van der Waals surface area contributed by atoms with Crippen molar-refractivity contribution >= 4 is 17.3 Å². The Morgan fingerprint density at radius 3 is 2.21 bits per heavy atom. The molecule has 0 amide bonds. The molecular weight excluding hydrogens is 302 g/mol. The van der Waals surface area contributed by atoms with Gasteiger partial charge in [0, 0.05) is 23.4 Å². The van der Waals surface area contributed by atoms with Crippen molar-refractivity contribution in [2.45, 2.75) is 33.2 Å². The third-order valence-electron chi connectivity index (χ3n) is 3.94. The van der Waals surface area contributed by atoms with Crippen LogP contribution in [0, 0.1) is 0 Å². The van der Waals surface area contributed by atoms with Crippen LogP contribution >= 0.6 is 0 Å². The molecule has 126 valence electrons. The Hall–Kier alpha value is -2.46. The molecule has 0 aliphatic carbocycles. The second-order valence-corrected chi connectivity index (χ2v) is 6.17. The first-order valence-corrected chi connectivity index (χ1v) is 8.00. The van der Waals surface area contributed by atoms with Gasteiger partial charge in [-0.05, 0) is 42.2 Å². The number of anilines is 1. The van der Waals surface area contributed by atoms with Gasteiger partial charge in [-0.15, -0.1) is 0 Å². The van der Waals surface area contributed by atoms with Crippen LogP contribution in [0.2, 0.25) is 0 Å². The zero-order valence-electron chi connectivity index (χ0n) is 14.3. The van der Waals surface area contributed by atoms with Gasteiger partial charge in [-0.3, -0.25) is 9.59 Å². The van der Waals surface area contributed by atoms with E-state index in [1.807, 2.05) is 0 Å². The normalized spacial score (nSPS) is 10.7. The number of carbonyl (C=O) groups is 2. The van der Waals surface area contributed by atoms with Gasteiger partial charge in [-0.25, -0.2) is 0 Å². The highest BCUT2D eigenvalue weighted by molar-refractivity contribution is 6.02. The molecule has 0 aromatic heterocycles. The standard InChI is InChI=1S/C20H22NO3/c1-13(2)16-6-4-15(5-7-16)11-21-19-9-17(14(3)23)8-18(10-19)20(24)12-22/h4-10,13,21H,11-12H2,1-3H3/q-1. The van der Waals surface area contributed by atoms with Crippen molar-refractivity contribution in [2.24, 2.45) is 0 Å². The predicted octanol–water partition coefficient (Wildman–Crippen LogP) is 3.17. The van der Waals surface area contributed by atoms with E-state index >= 15 is 0 Å². The maximum Gasteiger partial charge on any atom is 0.159 e. The van der Waals surface area contributed by atoms with Gasteiger partial charge in [-0.2, -0.15) is 0 Å². The van der Waals surface area contributed by atoms with Gasteiger partial charge in [0.15, 0.2) is 5.78 Å². The summed E-state index contributed by atoms with van der Waals surface area (Å²) in [5.74, 6) is -0.165. The summed E-state index contributed by atoms with van der Waals surface area (Å²) in [7, 11) is 0. The van der Waals surface area contributed by atoms with Gasteiger partial charge in [0.1, 0.15) is 5.78 Å². The van der Waals surface area contributed by atoms with E-state index in [1.54, 1.807) is 12.1 Å². The maximum absolute atomic E-state index is 11.7. The van der Waals surface area contributed by atoms with Crippen LogP contribution in [0.25, 0.3) is 0 Å². The SMILES string of the molecule is CC(=O)c1cc(NCc2ccc(C(C)C)cc2)cc(C(=O)C[O-])c1. The lowest BCUT2D eigenvalue weighted by molar-refractivity contribution is -0.349. The van der Waals surface area contributed by atoms with Crippen molar-refractivity contribution in [2.75, 3.05) is 11.9 Å². The Morgan fingerprint density at radius 1 is 1.04 bits per heavy atom. The first-order chi connectivity index (χ1) is 11.4. The van der Waals surface area contributed by atoms with Crippen LogP contribution in [-0.4, -0.2) is 18.2 Å². The summed E-state index contributed by atoms with van der Waals surface area (Å²) < 4.78 is 0. The van der Waals surface area contributed by atoms with E-state index in [1.165, 1.54) is 18.6 Å². The summed E-state index contributed by atoms with van der Waals surface area (Å²) in [6.07, 6.45) is 0. The first kappa shape index (κ1) is 17.9. The van der Waals surface area contributed by atoms with E-state index in [9.17, 15) is 14.7 Å². The molecule has 0 atom stereocenters. The molecule has 0 saturated heterocycles. The lowest BCUT2D eigenvalue weighted by Crippen LogP contribution is -2.18. The topological polar surface area (TPSA) is 69.2 Å². The van der Waals surface area contributed by atoms with Crippen LogP contribution in [0.5, 0.6) is 0 Å². The lowest BCUT2D eigenvalue weighted by Gasteiger charge is -2.12. The number of nitrogens with one attached hydrogen (secondary N) is 1. The number of carbonyl (C=O) groups excluding carboxylic acids is 2. The number of benzene rings is 2. The van der Waals surface area contributed by atoms with E-state index in [0.717, 1.165) is 5.56 Å². The Balaban J connectivity index is 2.17. The fourth-order valence-corrected chi connectivity index (χ4v) is 2.40. The Bertz CT molecular complexity index is 733. The Labute approximate surface area is 142 Å². The van der Waals surface area contributed by atoms with Crippen LogP contribution in [-0.2, 0) is 6.54 Å². The molecule has 0 heterocycles. The van der Waals surface area contributed by atoms with Crippen LogP contribution in [0.15, 0.2) is 42.5 Å². The third kappa shape index (κ3) is 4.52. The number of rotatable bonds is 7. The number of hydrogen-bond acceptors (Lipinski definition) is 4. The molecule has 0 aliphatic heterocycles. The summed E-state index contributed by atoms with van der Waals surface area (Å²) in [6, 6.07) is 13.1. The average molecular weight is 324 g/mol. The highest BCUT2D eigenvalue weighted by Crippen LogP contribution is 2.19. The van der Waals surface area contributed by atoms with E-state index in [2.05, 4.69) is 43.4 Å². The maximum atomic E-state index is 11.7. The fraction of sp³-hybridized carbons (Fsp3) is 0.300. The fourth-order valence-electron chi connectivity index (χ4n) is 2.40. The molecule has 0 spiro atoms. The van der Waals surface area contributed by atoms with Gasteiger partial charge in [0.2, 0.25) is 0 Å². The molecule has 2 aromatic carbocycles. The number of Topliss-reactive ketones (excluding diaryl/α,β-unsaturated/α-hetero) is 2. The van der Waals surface area contributed by atoms with Crippen LogP contribution in [0.3, 0.4) is 0 Å². The Kier molecular flexibility index (Phi) is 5.88. The highest BCUT2D eigenvalue weighted by atomic mass is 16.3. The molecule has 4 nitrogen and oxygen atoms in total. The molecule has 0 aliphatic rings. The van der Waals surface area contributed by atoms with Crippen LogP contribution in [0.1, 0.15) is 58.5 Å². The molecule has 0 fully saturated rings. The van der Waals surface area contributed by atoms with Crippen molar-refractivity contribution in [1.82, 2.24) is 0 Å². The molecule has 0 saturated carbocycles. The predicted molar refractivity (Wildman–Crippen MR) is 93.5 cm³/mol. The smallest absolute Gasteiger partial charge is 0.159 e. The summed E-state index contributed by atoms with van der Waals surface area (Å²) in [4.78, 5) is 23.3. The number of ketones is 2. The zero-order valence-corrected chi connectivity index (χ0v) is 14.3. The minimum absolute atomic E-state index is 0.139. The zero-order chi connectivity index (χ0) is 17.7. The molecule has 0 bridgehead atoms. The molecule has 0 unspecified atom stereocenters. The van der Waals surface area contributed by atoms with Gasteiger partial charge < -0.3 is 10.4 Å². The molecule has 1 N–H and O–H groups in total. The largest absolute Gasteiger partial charge is 0.849 e.